The first-order chi connectivity index (χ1) is 16.5. The van der Waals surface area contributed by atoms with Crippen LogP contribution >= 0.6 is 11.8 Å². The predicted octanol–water partition coefficient (Wildman–Crippen LogP) is 4.58. The Bertz CT molecular complexity index is 1230. The minimum absolute atomic E-state index is 0.128. The quantitative estimate of drug-likeness (QED) is 0.359. The molecule has 3 aromatic carbocycles. The average Bonchev–Trinajstić information content (AvgIpc) is 3.28. The summed E-state index contributed by atoms with van der Waals surface area (Å²) in [6.07, 6.45) is 0. The lowest BCUT2D eigenvalue weighted by molar-refractivity contribution is -0.118. The van der Waals surface area contributed by atoms with Gasteiger partial charge in [0.15, 0.2) is 11.0 Å². The minimum Gasteiger partial charge on any atom is -0.353 e. The van der Waals surface area contributed by atoms with E-state index in [1.807, 2.05) is 90.3 Å². The first kappa shape index (κ1) is 23.7. The fourth-order valence-corrected chi connectivity index (χ4v) is 4.43. The van der Waals surface area contributed by atoms with Crippen LogP contribution in [0.1, 0.15) is 11.6 Å². The third-order valence-electron chi connectivity index (χ3n) is 5.36. The molecule has 1 atom stereocenters. The number of para-hydroxylation sites is 1. The summed E-state index contributed by atoms with van der Waals surface area (Å²) in [7, 11) is 3.81. The summed E-state index contributed by atoms with van der Waals surface area (Å²) in [4.78, 5) is 14.6. The molecular weight excluding hydrogens is 449 g/mol. The second-order valence-corrected chi connectivity index (χ2v) is 8.91. The molecule has 1 amide bonds. The van der Waals surface area contributed by atoms with Crippen LogP contribution in [0, 0.1) is 5.82 Å². The molecule has 4 aromatic rings. The average molecular weight is 476 g/mol. The fourth-order valence-electron chi connectivity index (χ4n) is 3.65. The SMILES string of the molecule is CN(C)C(CNC(=O)CSc1nnc(-c2ccccc2)n1-c1ccccc1)c1cccc(F)c1. The number of amides is 1. The number of hydrogen-bond donors (Lipinski definition) is 1. The van der Waals surface area contributed by atoms with Gasteiger partial charge in [0.25, 0.3) is 0 Å². The Morgan fingerprint density at radius 2 is 1.71 bits per heavy atom. The summed E-state index contributed by atoms with van der Waals surface area (Å²) < 4.78 is 15.6. The van der Waals surface area contributed by atoms with Gasteiger partial charge in [-0.1, -0.05) is 72.4 Å². The van der Waals surface area contributed by atoms with Crippen LogP contribution in [-0.2, 0) is 4.79 Å². The lowest BCUT2D eigenvalue weighted by Crippen LogP contribution is -2.35. The summed E-state index contributed by atoms with van der Waals surface area (Å²) in [6, 6.07) is 26.0. The van der Waals surface area contributed by atoms with Gasteiger partial charge in [-0.25, -0.2) is 4.39 Å². The molecule has 34 heavy (non-hydrogen) atoms. The van der Waals surface area contributed by atoms with Crippen molar-refractivity contribution in [3.05, 3.63) is 96.3 Å². The van der Waals surface area contributed by atoms with Crippen molar-refractivity contribution in [2.24, 2.45) is 0 Å². The topological polar surface area (TPSA) is 63.1 Å². The van der Waals surface area contributed by atoms with Gasteiger partial charge in [-0.3, -0.25) is 9.36 Å². The molecule has 0 bridgehead atoms. The highest BCUT2D eigenvalue weighted by atomic mass is 32.2. The Balaban J connectivity index is 1.47. The Kier molecular flexibility index (Phi) is 7.72. The van der Waals surface area contributed by atoms with Crippen molar-refractivity contribution < 1.29 is 9.18 Å². The summed E-state index contributed by atoms with van der Waals surface area (Å²) >= 11 is 1.33. The van der Waals surface area contributed by atoms with Gasteiger partial charge in [0.2, 0.25) is 5.91 Å². The molecular formula is C26H26FN5OS. The van der Waals surface area contributed by atoms with E-state index in [-0.39, 0.29) is 23.5 Å². The zero-order valence-corrected chi connectivity index (χ0v) is 19.9. The van der Waals surface area contributed by atoms with E-state index < -0.39 is 0 Å². The highest BCUT2D eigenvalue weighted by molar-refractivity contribution is 7.99. The van der Waals surface area contributed by atoms with Gasteiger partial charge in [-0.15, -0.1) is 10.2 Å². The molecule has 0 saturated heterocycles. The van der Waals surface area contributed by atoms with Crippen molar-refractivity contribution in [2.45, 2.75) is 11.2 Å². The number of carbonyl (C=O) groups excluding carboxylic acids is 1. The van der Waals surface area contributed by atoms with Crippen LogP contribution in [0.2, 0.25) is 0 Å². The lowest BCUT2D eigenvalue weighted by atomic mass is 10.1. The number of thioether (sulfide) groups is 1. The van der Waals surface area contributed by atoms with Crippen LogP contribution in [0.5, 0.6) is 0 Å². The first-order valence-electron chi connectivity index (χ1n) is 10.9. The van der Waals surface area contributed by atoms with Gasteiger partial charge < -0.3 is 10.2 Å². The van der Waals surface area contributed by atoms with Crippen LogP contribution in [0.25, 0.3) is 17.1 Å². The number of likely N-dealkylation sites (N-methyl/N-ethyl adjacent to an activating group) is 1. The number of carbonyl (C=O) groups is 1. The van der Waals surface area contributed by atoms with Crippen LogP contribution < -0.4 is 5.32 Å². The van der Waals surface area contributed by atoms with Crippen LogP contribution in [0.4, 0.5) is 4.39 Å². The molecule has 6 nitrogen and oxygen atoms in total. The largest absolute Gasteiger partial charge is 0.353 e. The molecule has 0 radical (unpaired) electrons. The normalized spacial score (nSPS) is 12.0. The van der Waals surface area contributed by atoms with E-state index in [2.05, 4.69) is 15.5 Å². The van der Waals surface area contributed by atoms with Crippen molar-refractivity contribution >= 4 is 17.7 Å². The Morgan fingerprint density at radius 3 is 2.38 bits per heavy atom. The summed E-state index contributed by atoms with van der Waals surface area (Å²) in [5.74, 6) is 0.481. The van der Waals surface area contributed by atoms with Crippen molar-refractivity contribution in [1.82, 2.24) is 25.0 Å². The highest BCUT2D eigenvalue weighted by Crippen LogP contribution is 2.27. The molecule has 0 aliphatic rings. The molecule has 0 aliphatic carbocycles. The molecule has 0 saturated carbocycles. The zero-order valence-electron chi connectivity index (χ0n) is 19.1. The van der Waals surface area contributed by atoms with E-state index in [9.17, 15) is 9.18 Å². The monoisotopic (exact) mass is 475 g/mol. The van der Waals surface area contributed by atoms with E-state index in [4.69, 9.17) is 0 Å². The van der Waals surface area contributed by atoms with E-state index >= 15 is 0 Å². The predicted molar refractivity (Wildman–Crippen MR) is 133 cm³/mol. The Labute approximate surface area is 202 Å². The maximum absolute atomic E-state index is 13.7. The Hall–Kier alpha value is -3.49. The van der Waals surface area contributed by atoms with Crippen molar-refractivity contribution in [3.63, 3.8) is 0 Å². The van der Waals surface area contributed by atoms with E-state index in [0.29, 0.717) is 17.5 Å². The van der Waals surface area contributed by atoms with Crippen LogP contribution in [-0.4, -0.2) is 52.0 Å². The maximum Gasteiger partial charge on any atom is 0.230 e. The number of hydrogen-bond acceptors (Lipinski definition) is 5. The van der Waals surface area contributed by atoms with Gasteiger partial charge in [0.1, 0.15) is 5.82 Å². The summed E-state index contributed by atoms with van der Waals surface area (Å²) in [5.41, 5.74) is 2.68. The van der Waals surface area contributed by atoms with E-state index in [1.165, 1.54) is 23.9 Å². The molecule has 1 heterocycles. The third-order valence-corrected chi connectivity index (χ3v) is 6.29. The number of nitrogens with one attached hydrogen (secondary N) is 1. The summed E-state index contributed by atoms with van der Waals surface area (Å²) in [6.45, 7) is 0.372. The molecule has 0 spiro atoms. The zero-order chi connectivity index (χ0) is 23.9. The van der Waals surface area contributed by atoms with Crippen LogP contribution in [0.15, 0.2) is 90.1 Å². The molecule has 8 heteroatoms. The Morgan fingerprint density at radius 1 is 1.00 bits per heavy atom. The number of halogens is 1. The molecule has 1 N–H and O–H groups in total. The smallest absolute Gasteiger partial charge is 0.230 e. The lowest BCUT2D eigenvalue weighted by Gasteiger charge is -2.25. The fraction of sp³-hybridized carbons (Fsp3) is 0.192. The first-order valence-corrected chi connectivity index (χ1v) is 11.9. The maximum atomic E-state index is 13.7. The molecule has 1 aromatic heterocycles. The van der Waals surface area contributed by atoms with Crippen molar-refractivity contribution in [2.75, 3.05) is 26.4 Å². The molecule has 4 rings (SSSR count). The molecule has 174 valence electrons. The number of aromatic nitrogens is 3. The van der Waals surface area contributed by atoms with Gasteiger partial charge >= 0.3 is 0 Å². The minimum atomic E-state index is -0.291. The second kappa shape index (κ2) is 11.1. The number of nitrogens with zero attached hydrogens (tertiary/aromatic N) is 4. The standard InChI is InChI=1S/C26H26FN5OS/c1-31(2)23(20-12-9-13-21(27)16-20)17-28-24(33)18-34-26-30-29-25(19-10-5-3-6-11-19)32(26)22-14-7-4-8-15-22/h3-16,23H,17-18H2,1-2H3,(H,28,33). The second-order valence-electron chi connectivity index (χ2n) is 7.97. The van der Waals surface area contributed by atoms with Crippen LogP contribution in [0.3, 0.4) is 0 Å². The van der Waals surface area contributed by atoms with Crippen molar-refractivity contribution in [3.8, 4) is 17.1 Å². The van der Waals surface area contributed by atoms with Gasteiger partial charge in [0, 0.05) is 17.8 Å². The van der Waals surface area contributed by atoms with E-state index in [1.54, 1.807) is 6.07 Å². The molecule has 0 fully saturated rings. The van der Waals surface area contributed by atoms with Gasteiger partial charge in [-0.2, -0.15) is 0 Å². The van der Waals surface area contributed by atoms with E-state index in [0.717, 1.165) is 16.8 Å². The highest BCUT2D eigenvalue weighted by Gasteiger charge is 2.19. The number of benzene rings is 3. The third kappa shape index (κ3) is 5.70. The number of rotatable bonds is 9. The molecule has 0 aliphatic heterocycles. The van der Waals surface area contributed by atoms with Gasteiger partial charge in [-0.05, 0) is 43.9 Å². The van der Waals surface area contributed by atoms with Crippen molar-refractivity contribution in [1.29, 1.82) is 0 Å². The molecule has 1 unspecified atom stereocenters. The van der Waals surface area contributed by atoms with Gasteiger partial charge in [0.05, 0.1) is 11.8 Å². The summed E-state index contributed by atoms with van der Waals surface area (Å²) in [5, 5.41) is 12.4.